The molecule has 2 atom stereocenters. The number of amides is 1. The van der Waals surface area contributed by atoms with Gasteiger partial charge in [-0.15, -0.1) is 11.6 Å². The lowest BCUT2D eigenvalue weighted by atomic mass is 10.2. The largest absolute Gasteiger partial charge is 0.394 e. The molecular weight excluding hydrogens is 190 g/mol. The van der Waals surface area contributed by atoms with Gasteiger partial charge in [-0.2, -0.15) is 0 Å². The van der Waals surface area contributed by atoms with Crippen LogP contribution in [0.25, 0.3) is 0 Å². The molecule has 0 aliphatic carbocycles. The first-order valence-electron chi connectivity index (χ1n) is 4.76. The summed E-state index contributed by atoms with van der Waals surface area (Å²) >= 11 is 5.85. The summed E-state index contributed by atoms with van der Waals surface area (Å²) < 4.78 is 0. The molecule has 76 valence electrons. The molecule has 1 rings (SSSR count). The van der Waals surface area contributed by atoms with Gasteiger partial charge in [0, 0.05) is 6.54 Å². The fraction of sp³-hybridized carbons (Fsp3) is 0.889. The number of aliphatic hydroxyl groups is 1. The Labute approximate surface area is 83.7 Å². The molecule has 1 fully saturated rings. The standard InChI is InChI=1S/C9H16ClNO2/c1-2-8(10)9(13)11-5-3-4-7(11)6-12/h7-8,12H,2-6H2,1H3/t7-,8+/m0/s1. The molecule has 1 saturated heterocycles. The van der Waals surface area contributed by atoms with Crippen LogP contribution in [0, 0.1) is 0 Å². The van der Waals surface area contributed by atoms with Gasteiger partial charge in [0.25, 0.3) is 0 Å². The molecule has 3 nitrogen and oxygen atoms in total. The second kappa shape index (κ2) is 4.82. The van der Waals surface area contributed by atoms with Crippen molar-refractivity contribution in [1.29, 1.82) is 0 Å². The van der Waals surface area contributed by atoms with E-state index in [1.54, 1.807) is 4.90 Å². The van der Waals surface area contributed by atoms with Crippen LogP contribution in [0.4, 0.5) is 0 Å². The number of rotatable bonds is 3. The van der Waals surface area contributed by atoms with Gasteiger partial charge in [-0.3, -0.25) is 4.79 Å². The summed E-state index contributed by atoms with van der Waals surface area (Å²) in [5.74, 6) is -0.0271. The first-order valence-corrected chi connectivity index (χ1v) is 5.19. The van der Waals surface area contributed by atoms with E-state index in [-0.39, 0.29) is 18.6 Å². The van der Waals surface area contributed by atoms with E-state index < -0.39 is 5.38 Å². The number of hydrogen-bond acceptors (Lipinski definition) is 2. The molecule has 4 heteroatoms. The molecule has 0 unspecified atom stereocenters. The number of halogens is 1. The zero-order chi connectivity index (χ0) is 9.84. The average molecular weight is 206 g/mol. The van der Waals surface area contributed by atoms with E-state index in [0.717, 1.165) is 19.4 Å². The highest BCUT2D eigenvalue weighted by Gasteiger charge is 2.30. The highest BCUT2D eigenvalue weighted by molar-refractivity contribution is 6.30. The minimum atomic E-state index is -0.424. The third-order valence-corrected chi connectivity index (χ3v) is 2.99. The van der Waals surface area contributed by atoms with Gasteiger partial charge in [-0.1, -0.05) is 6.92 Å². The van der Waals surface area contributed by atoms with E-state index in [1.807, 2.05) is 6.92 Å². The molecular formula is C9H16ClNO2. The number of likely N-dealkylation sites (tertiary alicyclic amines) is 1. The number of hydrogen-bond donors (Lipinski definition) is 1. The van der Waals surface area contributed by atoms with Gasteiger partial charge in [0.15, 0.2) is 0 Å². The Kier molecular flexibility index (Phi) is 4.00. The Balaban J connectivity index is 2.54. The van der Waals surface area contributed by atoms with Gasteiger partial charge in [0.05, 0.1) is 12.6 Å². The third-order valence-electron chi connectivity index (χ3n) is 2.50. The minimum absolute atomic E-state index is 0.000278. The fourth-order valence-electron chi connectivity index (χ4n) is 1.67. The van der Waals surface area contributed by atoms with Gasteiger partial charge >= 0.3 is 0 Å². The van der Waals surface area contributed by atoms with Gasteiger partial charge in [-0.25, -0.2) is 0 Å². The topological polar surface area (TPSA) is 40.5 Å². The lowest BCUT2D eigenvalue weighted by Gasteiger charge is -2.24. The van der Waals surface area contributed by atoms with E-state index in [1.165, 1.54) is 0 Å². The van der Waals surface area contributed by atoms with Gasteiger partial charge in [-0.05, 0) is 19.3 Å². The molecule has 1 aliphatic heterocycles. The molecule has 13 heavy (non-hydrogen) atoms. The van der Waals surface area contributed by atoms with Crippen LogP contribution >= 0.6 is 11.6 Å². The van der Waals surface area contributed by atoms with Crippen molar-refractivity contribution >= 4 is 17.5 Å². The molecule has 0 saturated carbocycles. The van der Waals surface area contributed by atoms with Crippen LogP contribution in [-0.2, 0) is 4.79 Å². The van der Waals surface area contributed by atoms with Crippen molar-refractivity contribution < 1.29 is 9.90 Å². The highest BCUT2D eigenvalue weighted by Crippen LogP contribution is 2.19. The molecule has 1 aliphatic rings. The summed E-state index contributed by atoms with van der Waals surface area (Å²) in [6, 6.07) is 0.000278. The predicted molar refractivity (Wildman–Crippen MR) is 51.8 cm³/mol. The monoisotopic (exact) mass is 205 g/mol. The Morgan fingerprint density at radius 3 is 3.00 bits per heavy atom. The van der Waals surface area contributed by atoms with Crippen LogP contribution in [0.5, 0.6) is 0 Å². The Hall–Kier alpha value is -0.280. The molecule has 0 radical (unpaired) electrons. The lowest BCUT2D eigenvalue weighted by Crippen LogP contribution is -2.41. The van der Waals surface area contributed by atoms with E-state index in [9.17, 15) is 4.79 Å². The highest BCUT2D eigenvalue weighted by atomic mass is 35.5. The smallest absolute Gasteiger partial charge is 0.240 e. The Morgan fingerprint density at radius 1 is 1.77 bits per heavy atom. The lowest BCUT2D eigenvalue weighted by molar-refractivity contribution is -0.132. The average Bonchev–Trinajstić information content (AvgIpc) is 2.62. The van der Waals surface area contributed by atoms with Crippen molar-refractivity contribution in [2.24, 2.45) is 0 Å². The van der Waals surface area contributed by atoms with Crippen LogP contribution < -0.4 is 0 Å². The Morgan fingerprint density at radius 2 is 2.46 bits per heavy atom. The maximum absolute atomic E-state index is 11.6. The number of aliphatic hydroxyl groups excluding tert-OH is 1. The molecule has 0 spiro atoms. The van der Waals surface area contributed by atoms with Gasteiger partial charge < -0.3 is 10.0 Å². The summed E-state index contributed by atoms with van der Waals surface area (Å²) in [6.45, 7) is 2.69. The van der Waals surface area contributed by atoms with Crippen molar-refractivity contribution in [2.45, 2.75) is 37.6 Å². The number of nitrogens with zero attached hydrogens (tertiary/aromatic N) is 1. The van der Waals surface area contributed by atoms with Crippen molar-refractivity contribution in [3.8, 4) is 0 Å². The second-order valence-corrected chi connectivity index (χ2v) is 3.91. The van der Waals surface area contributed by atoms with Crippen molar-refractivity contribution in [3.63, 3.8) is 0 Å². The van der Waals surface area contributed by atoms with Crippen molar-refractivity contribution in [2.75, 3.05) is 13.2 Å². The molecule has 1 heterocycles. The summed E-state index contributed by atoms with van der Waals surface area (Å²) in [4.78, 5) is 13.3. The Bertz CT molecular complexity index is 186. The predicted octanol–water partition coefficient (Wildman–Crippen LogP) is 0.987. The zero-order valence-electron chi connectivity index (χ0n) is 7.87. The van der Waals surface area contributed by atoms with E-state index in [2.05, 4.69) is 0 Å². The summed E-state index contributed by atoms with van der Waals surface area (Å²) in [5, 5.41) is 8.58. The summed E-state index contributed by atoms with van der Waals surface area (Å²) in [5.41, 5.74) is 0. The maximum atomic E-state index is 11.6. The number of carbonyl (C=O) groups is 1. The normalized spacial score (nSPS) is 24.8. The van der Waals surface area contributed by atoms with Crippen molar-refractivity contribution in [1.82, 2.24) is 4.90 Å². The van der Waals surface area contributed by atoms with E-state index in [4.69, 9.17) is 16.7 Å². The first-order chi connectivity index (χ1) is 6.20. The minimum Gasteiger partial charge on any atom is -0.394 e. The van der Waals surface area contributed by atoms with E-state index in [0.29, 0.717) is 6.42 Å². The molecule has 0 bridgehead atoms. The molecule has 0 aromatic carbocycles. The quantitative estimate of drug-likeness (QED) is 0.699. The van der Waals surface area contributed by atoms with Crippen LogP contribution in [0.15, 0.2) is 0 Å². The zero-order valence-corrected chi connectivity index (χ0v) is 8.63. The van der Waals surface area contributed by atoms with Crippen molar-refractivity contribution in [3.05, 3.63) is 0 Å². The van der Waals surface area contributed by atoms with Crippen LogP contribution in [0.1, 0.15) is 26.2 Å². The number of alkyl halides is 1. The fourth-order valence-corrected chi connectivity index (χ4v) is 1.80. The van der Waals surface area contributed by atoms with Crippen LogP contribution in [-0.4, -0.2) is 40.5 Å². The summed E-state index contributed by atoms with van der Waals surface area (Å²) in [7, 11) is 0. The molecule has 0 aromatic rings. The molecule has 1 N–H and O–H groups in total. The SMILES string of the molecule is CC[C@@H](Cl)C(=O)N1CCC[C@H]1CO. The summed E-state index contributed by atoms with van der Waals surface area (Å²) in [6.07, 6.45) is 2.52. The third kappa shape index (κ3) is 2.35. The second-order valence-electron chi connectivity index (χ2n) is 3.39. The van der Waals surface area contributed by atoms with Crippen LogP contribution in [0.2, 0.25) is 0 Å². The van der Waals surface area contributed by atoms with Gasteiger partial charge in [0.2, 0.25) is 5.91 Å². The van der Waals surface area contributed by atoms with E-state index >= 15 is 0 Å². The molecule has 1 amide bonds. The first kappa shape index (κ1) is 10.8. The maximum Gasteiger partial charge on any atom is 0.240 e. The molecule has 0 aromatic heterocycles. The number of carbonyl (C=O) groups excluding carboxylic acids is 1. The van der Waals surface area contributed by atoms with Gasteiger partial charge in [0.1, 0.15) is 5.38 Å². The van der Waals surface area contributed by atoms with Crippen LogP contribution in [0.3, 0.4) is 0 Å².